The Bertz CT molecular complexity index is 349. The Morgan fingerprint density at radius 2 is 2.11 bits per heavy atom. The topological polar surface area (TPSA) is 47.7 Å². The van der Waals surface area contributed by atoms with Gasteiger partial charge in [0.1, 0.15) is 5.75 Å². The number of para-hydroxylation sites is 2. The minimum absolute atomic E-state index is 0.709. The molecular formula is C14H22N2O2. The van der Waals surface area contributed by atoms with Crippen LogP contribution in [0.3, 0.4) is 0 Å². The van der Waals surface area contributed by atoms with Gasteiger partial charge in [0.05, 0.1) is 18.9 Å². The summed E-state index contributed by atoms with van der Waals surface area (Å²) in [6.45, 7) is 5.70. The molecule has 2 rings (SSSR count). The van der Waals surface area contributed by atoms with Crippen LogP contribution in [-0.4, -0.2) is 44.4 Å². The molecule has 100 valence electrons. The predicted octanol–water partition coefficient (Wildman–Crippen LogP) is 1.76. The zero-order valence-corrected chi connectivity index (χ0v) is 10.8. The van der Waals surface area contributed by atoms with Crippen molar-refractivity contribution in [3.8, 4) is 5.75 Å². The third kappa shape index (κ3) is 4.20. The van der Waals surface area contributed by atoms with E-state index in [-0.39, 0.29) is 0 Å². The number of hydrogen-bond acceptors (Lipinski definition) is 4. The molecule has 1 fully saturated rings. The van der Waals surface area contributed by atoms with Gasteiger partial charge in [0.25, 0.3) is 0 Å². The fraction of sp³-hybridized carbons (Fsp3) is 0.571. The molecule has 4 heteroatoms. The maximum atomic E-state index is 5.81. The van der Waals surface area contributed by atoms with E-state index in [9.17, 15) is 0 Å². The van der Waals surface area contributed by atoms with Crippen LogP contribution >= 0.6 is 0 Å². The molecule has 0 aliphatic carbocycles. The normalized spacial score (nSPS) is 17.3. The van der Waals surface area contributed by atoms with E-state index in [1.807, 2.05) is 24.3 Å². The number of benzene rings is 1. The Hall–Kier alpha value is -1.26. The number of hydrogen-bond donors (Lipinski definition) is 1. The van der Waals surface area contributed by atoms with Crippen molar-refractivity contribution in [2.45, 2.75) is 12.8 Å². The number of rotatable bonds is 5. The highest BCUT2D eigenvalue weighted by molar-refractivity contribution is 5.51. The zero-order valence-electron chi connectivity index (χ0n) is 10.8. The third-order valence-electron chi connectivity index (χ3n) is 3.11. The van der Waals surface area contributed by atoms with Crippen molar-refractivity contribution in [1.82, 2.24) is 4.90 Å². The van der Waals surface area contributed by atoms with Gasteiger partial charge in [-0.3, -0.25) is 0 Å². The second-order valence-electron chi connectivity index (χ2n) is 4.55. The number of nitrogens with zero attached hydrogens (tertiary/aromatic N) is 1. The van der Waals surface area contributed by atoms with Crippen LogP contribution in [0.4, 0.5) is 5.69 Å². The summed E-state index contributed by atoms with van der Waals surface area (Å²) in [5.74, 6) is 0.789. The van der Waals surface area contributed by atoms with Gasteiger partial charge >= 0.3 is 0 Å². The highest BCUT2D eigenvalue weighted by Crippen LogP contribution is 2.19. The second-order valence-corrected chi connectivity index (χ2v) is 4.55. The Balaban J connectivity index is 1.65. The minimum atomic E-state index is 0.709. The molecule has 1 heterocycles. The predicted molar refractivity (Wildman–Crippen MR) is 72.8 cm³/mol. The molecule has 0 atom stereocenters. The second kappa shape index (κ2) is 7.24. The van der Waals surface area contributed by atoms with Crippen molar-refractivity contribution in [1.29, 1.82) is 0 Å². The van der Waals surface area contributed by atoms with Crippen LogP contribution in [0.2, 0.25) is 0 Å². The van der Waals surface area contributed by atoms with Crippen molar-refractivity contribution in [2.75, 3.05) is 45.2 Å². The lowest BCUT2D eigenvalue weighted by Crippen LogP contribution is -2.28. The van der Waals surface area contributed by atoms with Crippen molar-refractivity contribution in [2.24, 2.45) is 0 Å². The molecule has 0 spiro atoms. The largest absolute Gasteiger partial charge is 0.491 e. The molecule has 0 amide bonds. The van der Waals surface area contributed by atoms with E-state index in [1.54, 1.807) is 0 Å². The minimum Gasteiger partial charge on any atom is -0.491 e. The maximum Gasteiger partial charge on any atom is 0.142 e. The summed E-state index contributed by atoms with van der Waals surface area (Å²) in [6.07, 6.45) is 2.15. The summed E-state index contributed by atoms with van der Waals surface area (Å²) in [5, 5.41) is 0. The molecule has 4 nitrogen and oxygen atoms in total. The van der Waals surface area contributed by atoms with Crippen LogP contribution in [0.15, 0.2) is 24.3 Å². The van der Waals surface area contributed by atoms with Crippen molar-refractivity contribution >= 4 is 5.69 Å². The van der Waals surface area contributed by atoms with Gasteiger partial charge in [0.15, 0.2) is 0 Å². The number of ether oxygens (including phenoxy) is 2. The fourth-order valence-corrected chi connectivity index (χ4v) is 2.10. The Morgan fingerprint density at radius 1 is 1.22 bits per heavy atom. The van der Waals surface area contributed by atoms with Crippen LogP contribution < -0.4 is 10.5 Å². The van der Waals surface area contributed by atoms with Gasteiger partial charge in [-0.25, -0.2) is 0 Å². The molecule has 1 aromatic carbocycles. The molecule has 1 aliphatic heterocycles. The smallest absolute Gasteiger partial charge is 0.142 e. The molecule has 0 radical (unpaired) electrons. The maximum absolute atomic E-state index is 5.81. The average molecular weight is 250 g/mol. The van der Waals surface area contributed by atoms with Crippen LogP contribution in [0, 0.1) is 0 Å². The van der Waals surface area contributed by atoms with E-state index < -0.39 is 0 Å². The molecule has 0 bridgehead atoms. The first-order valence-corrected chi connectivity index (χ1v) is 6.63. The lowest BCUT2D eigenvalue weighted by molar-refractivity contribution is 0.140. The highest BCUT2D eigenvalue weighted by atomic mass is 16.5. The lowest BCUT2D eigenvalue weighted by Gasteiger charge is -2.18. The standard InChI is InChI=1S/C14H22N2O2/c15-13-5-1-2-6-14(13)18-11-4-8-16-7-3-10-17-12-9-16/h1-2,5-6H,3-4,7-12,15H2. The first-order valence-electron chi connectivity index (χ1n) is 6.63. The molecular weight excluding hydrogens is 228 g/mol. The van der Waals surface area contributed by atoms with Gasteiger partial charge in [-0.2, -0.15) is 0 Å². The Morgan fingerprint density at radius 3 is 3.00 bits per heavy atom. The van der Waals surface area contributed by atoms with Crippen LogP contribution in [0.5, 0.6) is 5.75 Å². The van der Waals surface area contributed by atoms with E-state index in [1.165, 1.54) is 0 Å². The summed E-state index contributed by atoms with van der Waals surface area (Å²) in [4.78, 5) is 2.44. The van der Waals surface area contributed by atoms with E-state index in [0.29, 0.717) is 12.3 Å². The fourth-order valence-electron chi connectivity index (χ4n) is 2.10. The van der Waals surface area contributed by atoms with Crippen LogP contribution in [0.25, 0.3) is 0 Å². The van der Waals surface area contributed by atoms with Crippen LogP contribution in [0.1, 0.15) is 12.8 Å². The summed E-state index contributed by atoms with van der Waals surface area (Å²) in [6, 6.07) is 7.63. The highest BCUT2D eigenvalue weighted by Gasteiger charge is 2.08. The Kier molecular flexibility index (Phi) is 5.30. The molecule has 0 aromatic heterocycles. The van der Waals surface area contributed by atoms with Crippen molar-refractivity contribution < 1.29 is 9.47 Å². The van der Waals surface area contributed by atoms with E-state index >= 15 is 0 Å². The summed E-state index contributed by atoms with van der Waals surface area (Å²) in [5.41, 5.74) is 6.52. The first kappa shape index (κ1) is 13.2. The molecule has 2 N–H and O–H groups in total. The van der Waals surface area contributed by atoms with E-state index in [2.05, 4.69) is 4.90 Å². The van der Waals surface area contributed by atoms with Gasteiger partial charge in [0.2, 0.25) is 0 Å². The lowest BCUT2D eigenvalue weighted by atomic mass is 10.3. The molecule has 1 aliphatic rings. The Labute approximate surface area is 109 Å². The number of nitrogen functional groups attached to an aromatic ring is 1. The molecule has 1 aromatic rings. The average Bonchev–Trinajstić information content (AvgIpc) is 2.65. The molecule has 0 saturated carbocycles. The number of nitrogens with two attached hydrogens (primary N) is 1. The van der Waals surface area contributed by atoms with Gasteiger partial charge in [-0.05, 0) is 25.0 Å². The molecule has 0 unspecified atom stereocenters. The van der Waals surface area contributed by atoms with Crippen LogP contribution in [-0.2, 0) is 4.74 Å². The van der Waals surface area contributed by atoms with Crippen molar-refractivity contribution in [3.05, 3.63) is 24.3 Å². The SMILES string of the molecule is Nc1ccccc1OCCCN1CCCOCC1. The van der Waals surface area contributed by atoms with E-state index in [4.69, 9.17) is 15.2 Å². The van der Waals surface area contributed by atoms with Gasteiger partial charge in [0, 0.05) is 26.2 Å². The first-order chi connectivity index (χ1) is 8.86. The quantitative estimate of drug-likeness (QED) is 0.639. The van der Waals surface area contributed by atoms with E-state index in [0.717, 1.165) is 51.4 Å². The number of anilines is 1. The summed E-state index contributed by atoms with van der Waals surface area (Å²) < 4.78 is 11.1. The summed E-state index contributed by atoms with van der Waals surface area (Å²) in [7, 11) is 0. The zero-order chi connectivity index (χ0) is 12.6. The van der Waals surface area contributed by atoms with Gasteiger partial charge < -0.3 is 20.1 Å². The summed E-state index contributed by atoms with van der Waals surface area (Å²) >= 11 is 0. The van der Waals surface area contributed by atoms with Gasteiger partial charge in [-0.15, -0.1) is 0 Å². The third-order valence-corrected chi connectivity index (χ3v) is 3.11. The monoisotopic (exact) mass is 250 g/mol. The van der Waals surface area contributed by atoms with Gasteiger partial charge in [-0.1, -0.05) is 12.1 Å². The molecule has 18 heavy (non-hydrogen) atoms. The van der Waals surface area contributed by atoms with Crippen molar-refractivity contribution in [3.63, 3.8) is 0 Å². The molecule has 1 saturated heterocycles.